The van der Waals surface area contributed by atoms with Crippen LogP contribution < -0.4 is 10.6 Å². The first-order chi connectivity index (χ1) is 9.22. The van der Waals surface area contributed by atoms with E-state index in [-0.39, 0.29) is 18.2 Å². The Morgan fingerprint density at radius 2 is 2.05 bits per heavy atom. The Labute approximate surface area is 122 Å². The number of aromatic nitrogens is 2. The molecule has 106 valence electrons. The molecule has 0 saturated heterocycles. The van der Waals surface area contributed by atoms with E-state index in [0.717, 1.165) is 36.2 Å². The monoisotopic (exact) mass is 293 g/mol. The van der Waals surface area contributed by atoms with Crippen LogP contribution in [0.5, 0.6) is 5.75 Å². The molecule has 0 spiro atoms. The number of hydrogen-bond acceptors (Lipinski definition) is 5. The molecule has 0 saturated carbocycles. The van der Waals surface area contributed by atoms with Crippen molar-refractivity contribution in [3.05, 3.63) is 36.0 Å². The molecule has 7 heteroatoms. The van der Waals surface area contributed by atoms with Gasteiger partial charge in [-0.25, -0.2) is 4.68 Å². The largest absolute Gasteiger partial charge is 0.508 e. The Balaban J connectivity index is 0.00000147. The first-order valence-corrected chi connectivity index (χ1v) is 6.14. The molecule has 20 heavy (non-hydrogen) atoms. The maximum absolute atomic E-state index is 9.33. The number of aliphatic imine (C=N–C) groups is 1. The molecule has 0 amide bonds. The van der Waals surface area contributed by atoms with Gasteiger partial charge in [-0.05, 0) is 31.2 Å². The number of nitrogens with one attached hydrogen (secondary N) is 2. The fourth-order valence-corrected chi connectivity index (χ4v) is 1.98. The van der Waals surface area contributed by atoms with Crippen LogP contribution in [0.4, 0.5) is 5.82 Å². The number of aryl methyl sites for hydroxylation is 1. The van der Waals surface area contributed by atoms with Gasteiger partial charge >= 0.3 is 0 Å². The fraction of sp³-hybridized carbons (Fsp3) is 0.231. The van der Waals surface area contributed by atoms with Gasteiger partial charge in [0.25, 0.3) is 0 Å². The SMILES string of the molecule is Cc1cc(NC2=NCCN2)n(-c2ccc(O)cc2)n1.Cl. The molecule has 1 aromatic carbocycles. The third kappa shape index (κ3) is 2.85. The van der Waals surface area contributed by atoms with Crippen LogP contribution in [-0.4, -0.2) is 33.9 Å². The molecule has 0 unspecified atom stereocenters. The summed E-state index contributed by atoms with van der Waals surface area (Å²) in [5.41, 5.74) is 1.79. The Hall–Kier alpha value is -2.21. The van der Waals surface area contributed by atoms with Crippen molar-refractivity contribution in [3.8, 4) is 11.4 Å². The summed E-state index contributed by atoms with van der Waals surface area (Å²) in [5, 5.41) is 20.2. The molecule has 1 aliphatic rings. The number of phenolic OH excluding ortho intramolecular Hbond substituents is 1. The maximum Gasteiger partial charge on any atom is 0.197 e. The topological polar surface area (TPSA) is 74.5 Å². The van der Waals surface area contributed by atoms with Crippen molar-refractivity contribution in [1.82, 2.24) is 15.1 Å². The molecule has 0 bridgehead atoms. The van der Waals surface area contributed by atoms with E-state index in [1.807, 2.05) is 25.1 Å². The van der Waals surface area contributed by atoms with Gasteiger partial charge in [0, 0.05) is 12.6 Å². The van der Waals surface area contributed by atoms with E-state index >= 15 is 0 Å². The van der Waals surface area contributed by atoms with E-state index in [1.165, 1.54) is 0 Å². The molecular formula is C13H16ClN5O. The molecule has 6 nitrogen and oxygen atoms in total. The predicted octanol–water partition coefficient (Wildman–Crippen LogP) is 1.68. The van der Waals surface area contributed by atoms with Gasteiger partial charge in [0.1, 0.15) is 11.6 Å². The molecule has 0 atom stereocenters. The summed E-state index contributed by atoms with van der Waals surface area (Å²) in [7, 11) is 0. The van der Waals surface area contributed by atoms with Crippen LogP contribution >= 0.6 is 12.4 Å². The predicted molar refractivity (Wildman–Crippen MR) is 81.1 cm³/mol. The smallest absolute Gasteiger partial charge is 0.197 e. The number of phenols is 1. The van der Waals surface area contributed by atoms with Gasteiger partial charge in [-0.2, -0.15) is 5.10 Å². The van der Waals surface area contributed by atoms with Gasteiger partial charge in [0.05, 0.1) is 17.9 Å². The Morgan fingerprint density at radius 1 is 1.30 bits per heavy atom. The lowest BCUT2D eigenvalue weighted by Gasteiger charge is -2.09. The number of aromatic hydroxyl groups is 1. The number of guanidine groups is 1. The zero-order valence-corrected chi connectivity index (χ0v) is 11.8. The third-order valence-electron chi connectivity index (χ3n) is 2.85. The average Bonchev–Trinajstić information content (AvgIpc) is 3.01. The summed E-state index contributed by atoms with van der Waals surface area (Å²) in [5.74, 6) is 1.85. The molecule has 0 radical (unpaired) electrons. The average molecular weight is 294 g/mol. The second-order valence-electron chi connectivity index (χ2n) is 4.38. The number of anilines is 1. The Morgan fingerprint density at radius 3 is 2.70 bits per heavy atom. The van der Waals surface area contributed by atoms with E-state index < -0.39 is 0 Å². The van der Waals surface area contributed by atoms with E-state index in [2.05, 4.69) is 20.7 Å². The first-order valence-electron chi connectivity index (χ1n) is 6.14. The van der Waals surface area contributed by atoms with Crippen LogP contribution in [0.3, 0.4) is 0 Å². The molecule has 3 rings (SSSR count). The summed E-state index contributed by atoms with van der Waals surface area (Å²) >= 11 is 0. The quantitative estimate of drug-likeness (QED) is 0.787. The van der Waals surface area contributed by atoms with E-state index in [9.17, 15) is 5.11 Å². The van der Waals surface area contributed by atoms with E-state index in [1.54, 1.807) is 16.8 Å². The highest BCUT2D eigenvalue weighted by atomic mass is 35.5. The number of halogens is 1. The molecule has 2 aromatic rings. The van der Waals surface area contributed by atoms with Gasteiger partial charge in [-0.1, -0.05) is 0 Å². The summed E-state index contributed by atoms with van der Waals surface area (Å²) in [6.07, 6.45) is 0. The highest BCUT2D eigenvalue weighted by molar-refractivity contribution is 5.94. The Bertz CT molecular complexity index is 620. The molecule has 0 aliphatic carbocycles. The molecule has 1 aromatic heterocycles. The van der Waals surface area contributed by atoms with E-state index in [4.69, 9.17) is 0 Å². The van der Waals surface area contributed by atoms with Gasteiger partial charge in [-0.3, -0.25) is 4.99 Å². The number of nitrogens with zero attached hydrogens (tertiary/aromatic N) is 3. The van der Waals surface area contributed by atoms with Gasteiger partial charge in [0.2, 0.25) is 0 Å². The van der Waals surface area contributed by atoms with Crippen molar-refractivity contribution in [3.63, 3.8) is 0 Å². The minimum Gasteiger partial charge on any atom is -0.508 e. The molecule has 3 N–H and O–H groups in total. The minimum absolute atomic E-state index is 0. The minimum atomic E-state index is 0. The second-order valence-corrected chi connectivity index (χ2v) is 4.38. The van der Waals surface area contributed by atoms with Crippen LogP contribution in [0.2, 0.25) is 0 Å². The number of rotatable bonds is 2. The van der Waals surface area contributed by atoms with Crippen LogP contribution in [-0.2, 0) is 0 Å². The van der Waals surface area contributed by atoms with Crippen LogP contribution in [0.25, 0.3) is 5.69 Å². The molecule has 0 fully saturated rings. The molecule has 2 heterocycles. The van der Waals surface area contributed by atoms with Crippen molar-refractivity contribution >= 4 is 24.2 Å². The lowest BCUT2D eigenvalue weighted by molar-refractivity contribution is 0.475. The zero-order valence-electron chi connectivity index (χ0n) is 11.0. The van der Waals surface area contributed by atoms with Crippen molar-refractivity contribution in [1.29, 1.82) is 0 Å². The second kappa shape index (κ2) is 5.83. The summed E-state index contributed by atoms with van der Waals surface area (Å²) in [6.45, 7) is 3.58. The number of benzene rings is 1. The fourth-order valence-electron chi connectivity index (χ4n) is 1.98. The highest BCUT2D eigenvalue weighted by Crippen LogP contribution is 2.19. The lowest BCUT2D eigenvalue weighted by Crippen LogP contribution is -2.27. The normalized spacial score (nSPS) is 13.3. The zero-order chi connectivity index (χ0) is 13.2. The molecule has 1 aliphatic heterocycles. The van der Waals surface area contributed by atoms with Gasteiger partial charge < -0.3 is 15.7 Å². The van der Waals surface area contributed by atoms with Crippen molar-refractivity contribution < 1.29 is 5.11 Å². The highest BCUT2D eigenvalue weighted by Gasteiger charge is 2.11. The van der Waals surface area contributed by atoms with Crippen LogP contribution in [0.15, 0.2) is 35.3 Å². The maximum atomic E-state index is 9.33. The molecular weight excluding hydrogens is 278 g/mol. The standard InChI is InChI=1S/C13H15N5O.ClH/c1-9-8-12(16-13-14-6-7-15-13)18(17-9)10-2-4-11(19)5-3-10;/h2-5,8,19H,6-7H2,1H3,(H2,14,15,16);1H. The van der Waals surface area contributed by atoms with E-state index in [0.29, 0.717) is 0 Å². The number of hydrogen-bond donors (Lipinski definition) is 3. The summed E-state index contributed by atoms with van der Waals surface area (Å²) < 4.78 is 1.79. The van der Waals surface area contributed by atoms with Gasteiger partial charge in [0.15, 0.2) is 5.96 Å². The first kappa shape index (κ1) is 14.2. The van der Waals surface area contributed by atoms with Crippen molar-refractivity contribution in [2.75, 3.05) is 18.4 Å². The van der Waals surface area contributed by atoms with Crippen LogP contribution in [0, 0.1) is 6.92 Å². The summed E-state index contributed by atoms with van der Waals surface area (Å²) in [6, 6.07) is 8.87. The Kier molecular flexibility index (Phi) is 4.14. The van der Waals surface area contributed by atoms with Crippen molar-refractivity contribution in [2.45, 2.75) is 6.92 Å². The van der Waals surface area contributed by atoms with Crippen LogP contribution in [0.1, 0.15) is 5.69 Å². The summed E-state index contributed by atoms with van der Waals surface area (Å²) in [4.78, 5) is 4.30. The van der Waals surface area contributed by atoms with Gasteiger partial charge in [-0.15, -0.1) is 12.4 Å². The van der Waals surface area contributed by atoms with Crippen molar-refractivity contribution in [2.24, 2.45) is 4.99 Å². The lowest BCUT2D eigenvalue weighted by atomic mass is 10.3. The third-order valence-corrected chi connectivity index (χ3v) is 2.85.